The van der Waals surface area contributed by atoms with Crippen molar-refractivity contribution in [1.29, 1.82) is 0 Å². The molecule has 1 aliphatic heterocycles. The first kappa shape index (κ1) is 19.1. The minimum absolute atomic E-state index is 0.0424. The molecule has 1 atom stereocenters. The Labute approximate surface area is 170 Å². The molecule has 0 saturated carbocycles. The third-order valence-electron chi connectivity index (χ3n) is 4.55. The van der Waals surface area contributed by atoms with E-state index in [0.29, 0.717) is 5.69 Å². The number of halogens is 2. The minimum Gasteiger partial charge on any atom is -0.322 e. The number of thioether (sulfide) groups is 1. The van der Waals surface area contributed by atoms with Crippen LogP contribution in [0.5, 0.6) is 0 Å². The van der Waals surface area contributed by atoms with Crippen LogP contribution in [0.2, 0.25) is 0 Å². The fourth-order valence-electron chi connectivity index (χ4n) is 3.15. The number of nitrogens with one attached hydrogen (secondary N) is 1. The smallest absolute Gasteiger partial charge is 0.258 e. The molecular formula is C22H16F2N2O2S. The van der Waals surface area contributed by atoms with E-state index in [9.17, 15) is 18.4 Å². The number of carbonyl (C=O) groups excluding carboxylic acids is 2. The summed E-state index contributed by atoms with van der Waals surface area (Å²) in [5.41, 5.74) is 1.49. The normalized spacial score (nSPS) is 16.1. The summed E-state index contributed by atoms with van der Waals surface area (Å²) in [5.74, 6) is -1.51. The summed E-state index contributed by atoms with van der Waals surface area (Å²) in [7, 11) is 0. The topological polar surface area (TPSA) is 49.4 Å². The van der Waals surface area contributed by atoms with Crippen molar-refractivity contribution >= 4 is 35.0 Å². The SMILES string of the molecule is O=C(Nc1ccc([C@@H]2SCC(=O)N2c2ccccc2F)cc1)c1ccccc1F. The lowest BCUT2D eigenvalue weighted by Crippen LogP contribution is -2.28. The van der Waals surface area contributed by atoms with Gasteiger partial charge in [-0.2, -0.15) is 0 Å². The van der Waals surface area contributed by atoms with Gasteiger partial charge in [0.1, 0.15) is 17.0 Å². The molecule has 1 heterocycles. The molecule has 29 heavy (non-hydrogen) atoms. The van der Waals surface area contributed by atoms with Gasteiger partial charge in [0.05, 0.1) is 17.0 Å². The first-order chi connectivity index (χ1) is 14.0. The zero-order chi connectivity index (χ0) is 20.4. The molecule has 4 nitrogen and oxygen atoms in total. The van der Waals surface area contributed by atoms with Crippen molar-refractivity contribution in [1.82, 2.24) is 0 Å². The molecule has 0 unspecified atom stereocenters. The summed E-state index contributed by atoms with van der Waals surface area (Å²) in [5, 5.41) is 2.29. The summed E-state index contributed by atoms with van der Waals surface area (Å²) in [6.45, 7) is 0. The third kappa shape index (κ3) is 3.86. The Balaban J connectivity index is 1.54. The van der Waals surface area contributed by atoms with Gasteiger partial charge in [0.25, 0.3) is 5.91 Å². The molecular weight excluding hydrogens is 394 g/mol. The average molecular weight is 410 g/mol. The molecule has 0 radical (unpaired) electrons. The number of amides is 2. The van der Waals surface area contributed by atoms with E-state index in [0.717, 1.165) is 5.56 Å². The summed E-state index contributed by atoms with van der Waals surface area (Å²) in [6.07, 6.45) is 0. The Bertz CT molecular complexity index is 1070. The molecule has 4 rings (SSSR count). The van der Waals surface area contributed by atoms with Crippen LogP contribution in [0, 0.1) is 11.6 Å². The second-order valence-corrected chi connectivity index (χ2v) is 7.50. The lowest BCUT2D eigenvalue weighted by Gasteiger charge is -2.24. The number of nitrogens with zero attached hydrogens (tertiary/aromatic N) is 1. The number of para-hydroxylation sites is 1. The number of rotatable bonds is 4. The van der Waals surface area contributed by atoms with E-state index >= 15 is 0 Å². The molecule has 3 aromatic rings. The summed E-state index contributed by atoms with van der Waals surface area (Å²) >= 11 is 1.41. The van der Waals surface area contributed by atoms with Crippen LogP contribution in [-0.2, 0) is 4.79 Å². The fourth-order valence-corrected chi connectivity index (χ4v) is 4.32. The lowest BCUT2D eigenvalue weighted by atomic mass is 10.1. The predicted molar refractivity (Wildman–Crippen MR) is 110 cm³/mol. The van der Waals surface area contributed by atoms with E-state index in [4.69, 9.17) is 0 Å². The molecule has 1 saturated heterocycles. The lowest BCUT2D eigenvalue weighted by molar-refractivity contribution is -0.115. The maximum Gasteiger partial charge on any atom is 0.258 e. The van der Waals surface area contributed by atoms with Crippen molar-refractivity contribution < 1.29 is 18.4 Å². The highest BCUT2D eigenvalue weighted by atomic mass is 32.2. The minimum atomic E-state index is -0.594. The van der Waals surface area contributed by atoms with Crippen molar-refractivity contribution in [3.63, 3.8) is 0 Å². The second kappa shape index (κ2) is 8.05. The van der Waals surface area contributed by atoms with E-state index < -0.39 is 17.5 Å². The molecule has 7 heteroatoms. The zero-order valence-corrected chi connectivity index (χ0v) is 16.0. The average Bonchev–Trinajstić information content (AvgIpc) is 3.10. The van der Waals surface area contributed by atoms with Gasteiger partial charge in [-0.15, -0.1) is 11.8 Å². The van der Waals surface area contributed by atoms with E-state index in [2.05, 4.69) is 5.32 Å². The van der Waals surface area contributed by atoms with Crippen LogP contribution in [0.3, 0.4) is 0 Å². The molecule has 2 amide bonds. The van der Waals surface area contributed by atoms with Crippen molar-refractivity contribution in [2.75, 3.05) is 16.0 Å². The molecule has 1 fully saturated rings. The van der Waals surface area contributed by atoms with Crippen molar-refractivity contribution in [2.24, 2.45) is 0 Å². The van der Waals surface area contributed by atoms with Crippen molar-refractivity contribution in [3.8, 4) is 0 Å². The molecule has 0 bridgehead atoms. The maximum atomic E-state index is 14.2. The van der Waals surface area contributed by atoms with E-state index in [1.54, 1.807) is 48.5 Å². The van der Waals surface area contributed by atoms with Gasteiger partial charge >= 0.3 is 0 Å². The van der Waals surface area contributed by atoms with Gasteiger partial charge in [-0.1, -0.05) is 36.4 Å². The van der Waals surface area contributed by atoms with Crippen molar-refractivity contribution in [2.45, 2.75) is 5.37 Å². The Morgan fingerprint density at radius 3 is 2.28 bits per heavy atom. The number of hydrogen-bond acceptors (Lipinski definition) is 3. The molecule has 0 aliphatic carbocycles. The van der Waals surface area contributed by atoms with E-state index in [-0.39, 0.29) is 28.3 Å². The number of anilines is 2. The van der Waals surface area contributed by atoms with E-state index in [1.807, 2.05) is 0 Å². The largest absolute Gasteiger partial charge is 0.322 e. The van der Waals surface area contributed by atoms with Crippen LogP contribution < -0.4 is 10.2 Å². The molecule has 3 aromatic carbocycles. The van der Waals surface area contributed by atoms with Crippen LogP contribution in [0.25, 0.3) is 0 Å². The van der Waals surface area contributed by atoms with Crippen molar-refractivity contribution in [3.05, 3.63) is 95.6 Å². The van der Waals surface area contributed by atoms with E-state index in [1.165, 1.54) is 40.9 Å². The summed E-state index contributed by atoms with van der Waals surface area (Å²) in [4.78, 5) is 26.1. The molecule has 1 N–H and O–H groups in total. The monoisotopic (exact) mass is 410 g/mol. The molecule has 146 valence electrons. The third-order valence-corrected chi connectivity index (χ3v) is 5.76. The Kier molecular flexibility index (Phi) is 5.31. The zero-order valence-electron chi connectivity index (χ0n) is 15.1. The van der Waals surface area contributed by atoms with Gasteiger partial charge in [-0.25, -0.2) is 8.78 Å². The highest BCUT2D eigenvalue weighted by molar-refractivity contribution is 8.00. The second-order valence-electron chi connectivity index (χ2n) is 6.43. The van der Waals surface area contributed by atoms with Gasteiger partial charge in [0.2, 0.25) is 5.91 Å². The molecule has 0 aromatic heterocycles. The first-order valence-corrected chi connectivity index (χ1v) is 9.93. The van der Waals surface area contributed by atoms with Crippen LogP contribution in [0.4, 0.5) is 20.2 Å². The highest BCUT2D eigenvalue weighted by Gasteiger charge is 2.35. The maximum absolute atomic E-state index is 14.2. The van der Waals surface area contributed by atoms with Gasteiger partial charge < -0.3 is 5.32 Å². The summed E-state index contributed by atoms with van der Waals surface area (Å²) in [6, 6.07) is 18.8. The number of benzene rings is 3. The van der Waals surface area contributed by atoms with Crippen LogP contribution >= 0.6 is 11.8 Å². The molecule has 0 spiro atoms. The molecule has 1 aliphatic rings. The van der Waals surface area contributed by atoms with Crippen LogP contribution in [0.1, 0.15) is 21.3 Å². The predicted octanol–water partition coefficient (Wildman–Crippen LogP) is 5.00. The van der Waals surface area contributed by atoms with Gasteiger partial charge in [0.15, 0.2) is 0 Å². The Morgan fingerprint density at radius 1 is 0.931 bits per heavy atom. The number of hydrogen-bond donors (Lipinski definition) is 1. The van der Waals surface area contributed by atoms with Gasteiger partial charge in [-0.05, 0) is 42.0 Å². The quantitative estimate of drug-likeness (QED) is 0.659. The Morgan fingerprint density at radius 2 is 1.59 bits per heavy atom. The number of carbonyl (C=O) groups is 2. The standard InChI is InChI=1S/C22H16F2N2O2S/c23-17-6-2-1-5-16(17)21(28)25-15-11-9-14(10-12-15)22-26(20(27)13-29-22)19-8-4-3-7-18(19)24/h1-12,22H,13H2,(H,25,28)/t22-/m0/s1. The van der Waals surface area contributed by atoms with Gasteiger partial charge in [-0.3, -0.25) is 14.5 Å². The first-order valence-electron chi connectivity index (χ1n) is 8.88. The fraction of sp³-hybridized carbons (Fsp3) is 0.0909. The van der Waals surface area contributed by atoms with Gasteiger partial charge in [0, 0.05) is 5.69 Å². The van der Waals surface area contributed by atoms with Crippen LogP contribution in [0.15, 0.2) is 72.8 Å². The van der Waals surface area contributed by atoms with Crippen LogP contribution in [-0.4, -0.2) is 17.6 Å². The highest BCUT2D eigenvalue weighted by Crippen LogP contribution is 2.42. The Hall–Kier alpha value is -3.19. The summed E-state index contributed by atoms with van der Waals surface area (Å²) < 4.78 is 28.0.